The van der Waals surface area contributed by atoms with E-state index in [4.69, 9.17) is 0 Å². The van der Waals surface area contributed by atoms with E-state index in [1.54, 1.807) is 7.05 Å². The highest BCUT2D eigenvalue weighted by molar-refractivity contribution is 5.96. The van der Waals surface area contributed by atoms with Crippen LogP contribution < -0.4 is 10.6 Å². The van der Waals surface area contributed by atoms with Crippen LogP contribution in [0.25, 0.3) is 0 Å². The molecule has 7 heteroatoms. The second kappa shape index (κ2) is 9.16. The number of hydrogen-bond donors (Lipinski definition) is 3. The van der Waals surface area contributed by atoms with E-state index in [-0.39, 0.29) is 42.7 Å². The summed E-state index contributed by atoms with van der Waals surface area (Å²) in [6.07, 6.45) is 6.82. The first kappa shape index (κ1) is 20.4. The summed E-state index contributed by atoms with van der Waals surface area (Å²) in [5.41, 5.74) is 0. The number of fused-ring (bicyclic) bond motifs is 1. The third kappa shape index (κ3) is 3.92. The summed E-state index contributed by atoms with van der Waals surface area (Å²) in [5.74, 6) is -2.10. The van der Waals surface area contributed by atoms with Crippen LogP contribution in [0.1, 0.15) is 33.1 Å². The Morgan fingerprint density at radius 3 is 2.58 bits per heavy atom. The highest BCUT2D eigenvalue weighted by Gasteiger charge is 2.56. The number of carbonyl (C=O) groups is 3. The van der Waals surface area contributed by atoms with E-state index in [2.05, 4.69) is 17.6 Å². The minimum Gasteiger partial charge on any atom is -0.395 e. The number of likely N-dealkylation sites (tertiary alicyclic amines) is 1. The molecular formula is C19H31N3O4. The van der Waals surface area contributed by atoms with E-state index in [0.717, 1.165) is 19.3 Å². The van der Waals surface area contributed by atoms with Crippen LogP contribution in [0.5, 0.6) is 0 Å². The van der Waals surface area contributed by atoms with Gasteiger partial charge in [-0.05, 0) is 12.3 Å². The molecule has 7 nitrogen and oxygen atoms in total. The van der Waals surface area contributed by atoms with Crippen molar-refractivity contribution < 1.29 is 19.5 Å². The molecule has 0 bridgehead atoms. The summed E-state index contributed by atoms with van der Waals surface area (Å²) in [7, 11) is 1.56. The molecule has 1 aliphatic carbocycles. The van der Waals surface area contributed by atoms with Crippen LogP contribution in [-0.2, 0) is 14.4 Å². The van der Waals surface area contributed by atoms with Crippen LogP contribution in [0.2, 0.25) is 0 Å². The smallest absolute Gasteiger partial charge is 0.243 e. The number of allylic oxidation sites excluding steroid dienone is 1. The fourth-order valence-corrected chi connectivity index (χ4v) is 4.20. The Bertz CT molecular complexity index is 563. The average molecular weight is 365 g/mol. The third-order valence-electron chi connectivity index (χ3n) is 5.51. The summed E-state index contributed by atoms with van der Waals surface area (Å²) in [4.78, 5) is 39.7. The van der Waals surface area contributed by atoms with Gasteiger partial charge in [-0.1, -0.05) is 38.8 Å². The van der Waals surface area contributed by atoms with Crippen molar-refractivity contribution in [2.45, 2.75) is 39.2 Å². The average Bonchev–Trinajstić information content (AvgIpc) is 2.91. The van der Waals surface area contributed by atoms with Gasteiger partial charge in [-0.15, -0.1) is 0 Å². The monoisotopic (exact) mass is 365 g/mol. The Balaban J connectivity index is 2.26. The molecule has 146 valence electrons. The summed E-state index contributed by atoms with van der Waals surface area (Å²) in [6, 6.07) is -0.669. The van der Waals surface area contributed by atoms with E-state index in [1.807, 2.05) is 19.1 Å². The van der Waals surface area contributed by atoms with Crippen molar-refractivity contribution in [2.75, 3.05) is 26.7 Å². The van der Waals surface area contributed by atoms with Crippen LogP contribution in [0, 0.1) is 23.7 Å². The largest absolute Gasteiger partial charge is 0.395 e. The molecule has 2 rings (SSSR count). The summed E-state index contributed by atoms with van der Waals surface area (Å²) >= 11 is 0. The quantitative estimate of drug-likeness (QED) is 0.425. The summed E-state index contributed by atoms with van der Waals surface area (Å²) in [5, 5.41) is 14.9. The van der Waals surface area contributed by atoms with Crippen molar-refractivity contribution in [1.29, 1.82) is 0 Å². The minimum absolute atomic E-state index is 0.0810. The molecule has 0 aromatic carbocycles. The van der Waals surface area contributed by atoms with E-state index in [0.29, 0.717) is 6.54 Å². The molecule has 3 N–H and O–H groups in total. The maximum atomic E-state index is 13.0. The van der Waals surface area contributed by atoms with E-state index in [9.17, 15) is 19.5 Å². The van der Waals surface area contributed by atoms with Crippen molar-refractivity contribution in [2.24, 2.45) is 23.7 Å². The van der Waals surface area contributed by atoms with Crippen molar-refractivity contribution in [3.63, 3.8) is 0 Å². The molecule has 2 aliphatic rings. The van der Waals surface area contributed by atoms with Crippen LogP contribution >= 0.6 is 0 Å². The van der Waals surface area contributed by atoms with Crippen LogP contribution in [0.3, 0.4) is 0 Å². The molecule has 1 heterocycles. The number of carbonyl (C=O) groups excluding carboxylic acids is 3. The van der Waals surface area contributed by atoms with Crippen molar-refractivity contribution in [3.05, 3.63) is 12.2 Å². The lowest BCUT2D eigenvalue weighted by Gasteiger charge is -2.32. The molecule has 1 aliphatic heterocycles. The number of unbranched alkanes of at least 4 members (excludes halogenated alkanes) is 2. The number of aliphatic hydroxyl groups is 1. The Morgan fingerprint density at radius 1 is 1.23 bits per heavy atom. The first-order valence-electron chi connectivity index (χ1n) is 9.56. The molecule has 1 fully saturated rings. The number of amides is 3. The Hall–Kier alpha value is -1.89. The highest BCUT2D eigenvalue weighted by atomic mass is 16.3. The third-order valence-corrected chi connectivity index (χ3v) is 5.51. The van der Waals surface area contributed by atoms with Gasteiger partial charge in [0.2, 0.25) is 17.7 Å². The maximum absolute atomic E-state index is 13.0. The number of rotatable bonds is 8. The molecule has 0 unspecified atom stereocenters. The summed E-state index contributed by atoms with van der Waals surface area (Å²) in [6.45, 7) is 4.46. The molecule has 5 atom stereocenters. The van der Waals surface area contributed by atoms with Gasteiger partial charge in [0.25, 0.3) is 0 Å². The van der Waals surface area contributed by atoms with Crippen molar-refractivity contribution in [1.82, 2.24) is 15.5 Å². The van der Waals surface area contributed by atoms with Gasteiger partial charge < -0.3 is 20.6 Å². The van der Waals surface area contributed by atoms with E-state index < -0.39 is 17.9 Å². The topological polar surface area (TPSA) is 98.7 Å². The van der Waals surface area contributed by atoms with Gasteiger partial charge in [-0.2, -0.15) is 0 Å². The number of hydrogen-bond acceptors (Lipinski definition) is 4. The molecule has 0 radical (unpaired) electrons. The van der Waals surface area contributed by atoms with Gasteiger partial charge in [0, 0.05) is 26.1 Å². The zero-order valence-corrected chi connectivity index (χ0v) is 15.9. The van der Waals surface area contributed by atoms with Gasteiger partial charge in [0.05, 0.1) is 18.4 Å². The minimum atomic E-state index is -0.669. The normalized spacial score (nSPS) is 30.2. The molecule has 0 aromatic rings. The summed E-state index contributed by atoms with van der Waals surface area (Å²) < 4.78 is 0. The highest BCUT2D eigenvalue weighted by Crippen LogP contribution is 2.43. The fourth-order valence-electron chi connectivity index (χ4n) is 4.20. The molecule has 26 heavy (non-hydrogen) atoms. The Labute approximate surface area is 155 Å². The predicted molar refractivity (Wildman–Crippen MR) is 98.0 cm³/mol. The van der Waals surface area contributed by atoms with Crippen LogP contribution in [0.4, 0.5) is 0 Å². The number of nitrogens with one attached hydrogen (secondary N) is 2. The first-order chi connectivity index (χ1) is 12.5. The SMILES string of the molecule is CCCCCNC(=O)[C@@H]1[C@H]2C=C[C@@H](C)[C@@H](C(=O)NC)[C@H]2C(=O)N1CCO. The fraction of sp³-hybridized carbons (Fsp3) is 0.737. The van der Waals surface area contributed by atoms with Crippen LogP contribution in [-0.4, -0.2) is 60.5 Å². The second-order valence-corrected chi connectivity index (χ2v) is 7.19. The van der Waals surface area contributed by atoms with Gasteiger partial charge >= 0.3 is 0 Å². The number of nitrogens with zero attached hydrogens (tertiary/aromatic N) is 1. The van der Waals surface area contributed by atoms with Crippen molar-refractivity contribution >= 4 is 17.7 Å². The predicted octanol–water partition coefficient (Wildman–Crippen LogP) is 0.296. The number of β-amino-alcohol motifs (C(OH)–C–C–N with tert-alkyl or cyclic N) is 1. The van der Waals surface area contributed by atoms with Gasteiger partial charge in [-0.3, -0.25) is 14.4 Å². The number of aliphatic hydroxyl groups excluding tert-OH is 1. The Kier molecular flexibility index (Phi) is 7.20. The van der Waals surface area contributed by atoms with E-state index >= 15 is 0 Å². The molecule has 0 spiro atoms. The van der Waals surface area contributed by atoms with Gasteiger partial charge in [-0.25, -0.2) is 0 Å². The van der Waals surface area contributed by atoms with Crippen LogP contribution in [0.15, 0.2) is 12.2 Å². The standard InChI is InChI=1S/C19H31N3O4/c1-4-5-6-9-21-18(25)16-13-8-7-12(2)14(17(24)20-3)15(13)19(26)22(16)10-11-23/h7-8,12-16,23H,4-6,9-11H2,1-3H3,(H,20,24)(H,21,25)/t12-,13+,14-,15+,16+/m1/s1. The lowest BCUT2D eigenvalue weighted by molar-refractivity contribution is -0.141. The maximum Gasteiger partial charge on any atom is 0.243 e. The van der Waals surface area contributed by atoms with E-state index in [1.165, 1.54) is 4.90 Å². The zero-order chi connectivity index (χ0) is 19.3. The first-order valence-corrected chi connectivity index (χ1v) is 9.56. The molecule has 3 amide bonds. The molecule has 0 saturated carbocycles. The Morgan fingerprint density at radius 2 is 1.96 bits per heavy atom. The molecule has 1 saturated heterocycles. The van der Waals surface area contributed by atoms with Gasteiger partial charge in [0.1, 0.15) is 6.04 Å². The van der Waals surface area contributed by atoms with Gasteiger partial charge in [0.15, 0.2) is 0 Å². The lowest BCUT2D eigenvalue weighted by Crippen LogP contribution is -2.48. The second-order valence-electron chi connectivity index (χ2n) is 7.19. The molecular weight excluding hydrogens is 334 g/mol. The molecule has 0 aromatic heterocycles. The van der Waals surface area contributed by atoms with Crippen molar-refractivity contribution in [3.8, 4) is 0 Å². The lowest BCUT2D eigenvalue weighted by atomic mass is 9.70. The zero-order valence-electron chi connectivity index (χ0n) is 15.9.